The van der Waals surface area contributed by atoms with Gasteiger partial charge in [-0.1, -0.05) is 60.7 Å². The molecule has 11 nitrogen and oxygen atoms in total. The van der Waals surface area contributed by atoms with Crippen molar-refractivity contribution in [3.05, 3.63) is 87.8 Å². The number of thiophene rings is 1. The Morgan fingerprint density at radius 3 is 2.13 bits per heavy atom. The van der Waals surface area contributed by atoms with Gasteiger partial charge in [0.05, 0.1) is 17.0 Å². The third kappa shape index (κ3) is 5.24. The first-order valence-corrected chi connectivity index (χ1v) is 12.7. The van der Waals surface area contributed by atoms with Crippen LogP contribution in [0.5, 0.6) is 0 Å². The van der Waals surface area contributed by atoms with Crippen LogP contribution in [0.25, 0.3) is 0 Å². The number of carbonyl (C=O) groups excluding carboxylic acids is 5. The largest absolute Gasteiger partial charge is 0.460 e. The van der Waals surface area contributed by atoms with Crippen LogP contribution in [0, 0.1) is 6.92 Å². The average Bonchev–Trinajstić information content (AvgIpc) is 3.38. The van der Waals surface area contributed by atoms with Crippen molar-refractivity contribution in [3.8, 4) is 0 Å². The normalized spacial score (nSPS) is 14.2. The van der Waals surface area contributed by atoms with Crippen molar-refractivity contribution in [2.24, 2.45) is 5.73 Å². The maximum atomic E-state index is 13.8. The number of hydrogen-bond donors (Lipinski definition) is 3. The van der Waals surface area contributed by atoms with Crippen LogP contribution < -0.4 is 16.4 Å². The number of nitrogens with one attached hydrogen (secondary N) is 2. The molecule has 39 heavy (non-hydrogen) atoms. The molecule has 0 radical (unpaired) electrons. The number of nitrogens with two attached hydrogens (primary N) is 1. The molecule has 0 unspecified atom stereocenters. The molecule has 4 N–H and O–H groups in total. The molecule has 1 saturated heterocycles. The number of urea groups is 1. The second kappa shape index (κ2) is 11.5. The van der Waals surface area contributed by atoms with Gasteiger partial charge in [0.15, 0.2) is 5.54 Å². The molecule has 202 valence electrons. The maximum absolute atomic E-state index is 13.8. The van der Waals surface area contributed by atoms with E-state index in [9.17, 15) is 24.0 Å². The van der Waals surface area contributed by atoms with Crippen LogP contribution in [-0.2, 0) is 24.6 Å². The highest BCUT2D eigenvalue weighted by Gasteiger charge is 2.54. The van der Waals surface area contributed by atoms with Gasteiger partial charge in [0.2, 0.25) is 5.91 Å². The van der Waals surface area contributed by atoms with Crippen molar-refractivity contribution in [2.75, 3.05) is 32.2 Å². The Balaban J connectivity index is 1.61. The molecule has 0 aliphatic carbocycles. The Kier molecular flexibility index (Phi) is 8.07. The quantitative estimate of drug-likeness (QED) is 0.199. The fourth-order valence-electron chi connectivity index (χ4n) is 4.34. The molecule has 1 aromatic heterocycles. The average molecular weight is 551 g/mol. The number of ether oxygens (including phenoxy) is 2. The lowest BCUT2D eigenvalue weighted by Crippen LogP contribution is -2.45. The van der Waals surface area contributed by atoms with E-state index in [2.05, 4.69) is 10.6 Å². The van der Waals surface area contributed by atoms with E-state index < -0.39 is 41.8 Å². The molecule has 0 spiro atoms. The topological polar surface area (TPSA) is 157 Å². The van der Waals surface area contributed by atoms with Gasteiger partial charge < -0.3 is 25.8 Å². The third-order valence-electron chi connectivity index (χ3n) is 6.17. The predicted molar refractivity (Wildman–Crippen MR) is 142 cm³/mol. The molecule has 3 aromatic rings. The number of benzene rings is 2. The van der Waals surface area contributed by atoms with Gasteiger partial charge in [-0.05, 0) is 23.6 Å². The SMILES string of the molecule is COCCOC(=O)c1c(NC(=O)CN2C(=O)NC(c3ccccc3)(c3ccccc3)C2=O)sc(C(N)=O)c1C. The minimum absolute atomic E-state index is 0.0122. The van der Waals surface area contributed by atoms with E-state index in [1.54, 1.807) is 60.7 Å². The number of nitrogens with zero attached hydrogens (tertiary/aromatic N) is 1. The van der Waals surface area contributed by atoms with Gasteiger partial charge in [-0.25, -0.2) is 9.59 Å². The Hall–Kier alpha value is -4.55. The lowest BCUT2D eigenvalue weighted by molar-refractivity contribution is -0.133. The summed E-state index contributed by atoms with van der Waals surface area (Å²) < 4.78 is 10.0. The first-order valence-electron chi connectivity index (χ1n) is 11.8. The minimum atomic E-state index is -1.53. The highest BCUT2D eigenvalue weighted by molar-refractivity contribution is 7.18. The number of rotatable bonds is 10. The number of hydrogen-bond acceptors (Lipinski definition) is 8. The monoisotopic (exact) mass is 550 g/mol. The van der Waals surface area contributed by atoms with Crippen LogP contribution in [0.3, 0.4) is 0 Å². The van der Waals surface area contributed by atoms with Crippen molar-refractivity contribution >= 4 is 46.1 Å². The molecule has 1 aliphatic rings. The van der Waals surface area contributed by atoms with Crippen LogP contribution in [0.1, 0.15) is 36.7 Å². The zero-order valence-electron chi connectivity index (χ0n) is 21.2. The Morgan fingerprint density at radius 2 is 1.59 bits per heavy atom. The van der Waals surface area contributed by atoms with Crippen LogP contribution in [-0.4, -0.2) is 61.5 Å². The van der Waals surface area contributed by atoms with Crippen LogP contribution in [0.4, 0.5) is 9.80 Å². The fourth-order valence-corrected chi connectivity index (χ4v) is 5.40. The summed E-state index contributed by atoms with van der Waals surface area (Å²) in [6.45, 7) is 0.960. The summed E-state index contributed by atoms with van der Waals surface area (Å²) in [6.07, 6.45) is 0. The summed E-state index contributed by atoms with van der Waals surface area (Å²) in [4.78, 5) is 65.5. The lowest BCUT2D eigenvalue weighted by atomic mass is 9.82. The molecular formula is C27H26N4O7S. The minimum Gasteiger partial charge on any atom is -0.460 e. The Morgan fingerprint density at radius 1 is 1.00 bits per heavy atom. The van der Waals surface area contributed by atoms with E-state index in [4.69, 9.17) is 15.2 Å². The predicted octanol–water partition coefficient (Wildman–Crippen LogP) is 2.39. The van der Waals surface area contributed by atoms with E-state index in [0.717, 1.165) is 16.2 Å². The first-order chi connectivity index (χ1) is 18.7. The second-order valence-corrected chi connectivity index (χ2v) is 9.63. The summed E-state index contributed by atoms with van der Waals surface area (Å²) in [6, 6.07) is 16.7. The standard InChI is InChI=1S/C27H26N4O7S/c1-16-20(24(34)38-14-13-37-2)23(39-21(16)22(28)33)29-19(32)15-31-25(35)27(30-26(31)36,17-9-5-3-6-10-17)18-11-7-4-8-12-18/h3-12H,13-15H2,1-2H3,(H2,28,33)(H,29,32)(H,30,36). The van der Waals surface area contributed by atoms with E-state index in [-0.39, 0.29) is 34.2 Å². The van der Waals surface area contributed by atoms with Gasteiger partial charge in [0.1, 0.15) is 18.2 Å². The number of imide groups is 1. The molecule has 0 saturated carbocycles. The molecule has 12 heteroatoms. The highest BCUT2D eigenvalue weighted by atomic mass is 32.1. The van der Waals surface area contributed by atoms with Crippen molar-refractivity contribution in [2.45, 2.75) is 12.5 Å². The fraction of sp³-hybridized carbons (Fsp3) is 0.222. The lowest BCUT2D eigenvalue weighted by Gasteiger charge is -2.27. The van der Waals surface area contributed by atoms with Crippen molar-refractivity contribution in [3.63, 3.8) is 0 Å². The van der Waals surface area contributed by atoms with Crippen LogP contribution in [0.15, 0.2) is 60.7 Å². The van der Waals surface area contributed by atoms with Gasteiger partial charge in [0.25, 0.3) is 11.8 Å². The van der Waals surface area contributed by atoms with Gasteiger partial charge in [-0.3, -0.25) is 19.3 Å². The Bertz CT molecular complexity index is 1380. The summed E-state index contributed by atoms with van der Waals surface area (Å²) >= 11 is 0.801. The molecule has 2 heterocycles. The number of esters is 1. The molecule has 1 aliphatic heterocycles. The number of methoxy groups -OCH3 is 1. The smallest absolute Gasteiger partial charge is 0.341 e. The molecule has 2 aromatic carbocycles. The summed E-state index contributed by atoms with van der Waals surface area (Å²) in [5, 5.41) is 5.32. The zero-order valence-corrected chi connectivity index (χ0v) is 22.0. The molecule has 5 amide bonds. The summed E-state index contributed by atoms with van der Waals surface area (Å²) in [5.41, 5.74) is 5.16. The molecule has 0 atom stereocenters. The van der Waals surface area contributed by atoms with Crippen molar-refractivity contribution in [1.82, 2.24) is 10.2 Å². The number of primary amides is 1. The van der Waals surface area contributed by atoms with Gasteiger partial charge >= 0.3 is 12.0 Å². The van der Waals surface area contributed by atoms with Crippen LogP contribution >= 0.6 is 11.3 Å². The van der Waals surface area contributed by atoms with E-state index in [1.807, 2.05) is 0 Å². The molecule has 4 rings (SSSR count). The third-order valence-corrected chi connectivity index (χ3v) is 7.39. The molecular weight excluding hydrogens is 524 g/mol. The van der Waals surface area contributed by atoms with Gasteiger partial charge in [-0.2, -0.15) is 0 Å². The first kappa shape index (κ1) is 27.5. The van der Waals surface area contributed by atoms with Crippen molar-refractivity contribution < 1.29 is 33.4 Å². The molecule has 1 fully saturated rings. The van der Waals surface area contributed by atoms with Crippen molar-refractivity contribution in [1.29, 1.82) is 0 Å². The van der Waals surface area contributed by atoms with E-state index in [1.165, 1.54) is 14.0 Å². The van der Waals surface area contributed by atoms with E-state index in [0.29, 0.717) is 11.1 Å². The maximum Gasteiger partial charge on any atom is 0.341 e. The number of amides is 5. The summed E-state index contributed by atoms with van der Waals surface area (Å²) in [7, 11) is 1.45. The summed E-state index contributed by atoms with van der Waals surface area (Å²) in [5.74, 6) is -2.97. The zero-order chi connectivity index (χ0) is 28.2. The molecule has 0 bridgehead atoms. The highest BCUT2D eigenvalue weighted by Crippen LogP contribution is 2.37. The Labute approximate surface area is 227 Å². The number of carbonyl (C=O) groups is 5. The second-order valence-electron chi connectivity index (χ2n) is 8.60. The van der Waals surface area contributed by atoms with Gasteiger partial charge in [0, 0.05) is 7.11 Å². The van der Waals surface area contributed by atoms with Crippen LogP contribution in [0.2, 0.25) is 0 Å². The number of anilines is 1. The van der Waals surface area contributed by atoms with E-state index >= 15 is 0 Å². The van der Waals surface area contributed by atoms with Gasteiger partial charge in [-0.15, -0.1) is 11.3 Å².